The van der Waals surface area contributed by atoms with Crippen molar-refractivity contribution >= 4 is 11.0 Å². The first-order valence-corrected chi connectivity index (χ1v) is 6.87. The molecule has 0 spiro atoms. The topological polar surface area (TPSA) is 49.9 Å². The third-order valence-corrected chi connectivity index (χ3v) is 4.11. The highest BCUT2D eigenvalue weighted by Gasteiger charge is 2.35. The van der Waals surface area contributed by atoms with Gasteiger partial charge in [-0.05, 0) is 36.9 Å². The Kier molecular flexibility index (Phi) is 2.97. The Morgan fingerprint density at radius 3 is 2.95 bits per heavy atom. The molecule has 19 heavy (non-hydrogen) atoms. The predicted octanol–water partition coefficient (Wildman–Crippen LogP) is 3.02. The van der Waals surface area contributed by atoms with E-state index in [0.29, 0.717) is 6.04 Å². The van der Waals surface area contributed by atoms with Crippen LogP contribution in [0, 0.1) is 5.41 Å². The SMILES string of the molecule is COc1ccc2nc(C3NCCCC3(C)C)[nH]c2c1. The number of piperidine rings is 1. The van der Waals surface area contributed by atoms with Gasteiger partial charge in [-0.15, -0.1) is 0 Å². The molecule has 4 nitrogen and oxygen atoms in total. The minimum atomic E-state index is 0.232. The Balaban J connectivity index is 2.00. The summed E-state index contributed by atoms with van der Waals surface area (Å²) < 4.78 is 5.25. The molecule has 4 heteroatoms. The van der Waals surface area contributed by atoms with Gasteiger partial charge in [0.1, 0.15) is 11.6 Å². The van der Waals surface area contributed by atoms with Crippen LogP contribution in [0.2, 0.25) is 0 Å². The number of hydrogen-bond donors (Lipinski definition) is 2. The summed E-state index contributed by atoms with van der Waals surface area (Å²) in [5.74, 6) is 1.89. The van der Waals surface area contributed by atoms with E-state index in [0.717, 1.165) is 29.2 Å². The summed E-state index contributed by atoms with van der Waals surface area (Å²) in [6.07, 6.45) is 2.46. The zero-order valence-corrected chi connectivity index (χ0v) is 11.8. The Bertz CT molecular complexity index is 588. The average Bonchev–Trinajstić information content (AvgIpc) is 2.80. The van der Waals surface area contributed by atoms with Gasteiger partial charge in [-0.3, -0.25) is 0 Å². The molecule has 0 radical (unpaired) electrons. The van der Waals surface area contributed by atoms with E-state index in [1.807, 2.05) is 18.2 Å². The van der Waals surface area contributed by atoms with E-state index in [1.165, 1.54) is 12.8 Å². The van der Waals surface area contributed by atoms with E-state index in [9.17, 15) is 0 Å². The fraction of sp³-hybridized carbons (Fsp3) is 0.533. The zero-order chi connectivity index (χ0) is 13.5. The number of methoxy groups -OCH3 is 1. The third kappa shape index (κ3) is 2.21. The molecular formula is C15H21N3O. The molecule has 3 rings (SSSR count). The fourth-order valence-corrected chi connectivity index (χ4v) is 2.95. The molecule has 1 fully saturated rings. The first-order chi connectivity index (χ1) is 9.10. The highest BCUT2D eigenvalue weighted by atomic mass is 16.5. The summed E-state index contributed by atoms with van der Waals surface area (Å²) in [6.45, 7) is 5.67. The number of H-pyrrole nitrogens is 1. The minimum Gasteiger partial charge on any atom is -0.497 e. The van der Waals surface area contributed by atoms with E-state index in [4.69, 9.17) is 9.72 Å². The number of ether oxygens (including phenoxy) is 1. The number of fused-ring (bicyclic) bond motifs is 1. The number of aromatic nitrogens is 2. The van der Waals surface area contributed by atoms with Gasteiger partial charge in [0.25, 0.3) is 0 Å². The van der Waals surface area contributed by atoms with Crippen LogP contribution in [0.15, 0.2) is 18.2 Å². The maximum atomic E-state index is 5.25. The van der Waals surface area contributed by atoms with E-state index in [2.05, 4.69) is 24.1 Å². The molecule has 1 aromatic carbocycles. The van der Waals surface area contributed by atoms with Crippen LogP contribution in [0.3, 0.4) is 0 Å². The van der Waals surface area contributed by atoms with Gasteiger partial charge in [0.2, 0.25) is 0 Å². The average molecular weight is 259 g/mol. The van der Waals surface area contributed by atoms with Gasteiger partial charge in [-0.25, -0.2) is 4.98 Å². The molecule has 1 atom stereocenters. The minimum absolute atomic E-state index is 0.232. The Hall–Kier alpha value is -1.55. The van der Waals surface area contributed by atoms with E-state index < -0.39 is 0 Å². The first kappa shape index (κ1) is 12.5. The summed E-state index contributed by atoms with van der Waals surface area (Å²) in [5, 5.41) is 3.59. The third-order valence-electron chi connectivity index (χ3n) is 4.11. The predicted molar refractivity (Wildman–Crippen MR) is 76.4 cm³/mol. The molecule has 2 heterocycles. The van der Waals surface area contributed by atoms with E-state index >= 15 is 0 Å². The lowest BCUT2D eigenvalue weighted by Gasteiger charge is -2.38. The number of imidazole rings is 1. The van der Waals surface area contributed by atoms with Crippen molar-refractivity contribution in [2.45, 2.75) is 32.7 Å². The molecule has 0 bridgehead atoms. The van der Waals surface area contributed by atoms with Gasteiger partial charge >= 0.3 is 0 Å². The number of rotatable bonds is 2. The van der Waals surface area contributed by atoms with Crippen molar-refractivity contribution in [2.75, 3.05) is 13.7 Å². The highest BCUT2D eigenvalue weighted by molar-refractivity contribution is 5.76. The molecule has 2 N–H and O–H groups in total. The number of benzene rings is 1. The molecule has 0 saturated carbocycles. The summed E-state index contributed by atoms with van der Waals surface area (Å²) in [6, 6.07) is 6.25. The van der Waals surface area contributed by atoms with Crippen molar-refractivity contribution in [1.82, 2.24) is 15.3 Å². The van der Waals surface area contributed by atoms with E-state index in [-0.39, 0.29) is 5.41 Å². The van der Waals surface area contributed by atoms with Gasteiger partial charge < -0.3 is 15.0 Å². The Morgan fingerprint density at radius 2 is 2.21 bits per heavy atom. The lowest BCUT2D eigenvalue weighted by molar-refractivity contribution is 0.175. The quantitative estimate of drug-likeness (QED) is 0.871. The van der Waals surface area contributed by atoms with Crippen molar-refractivity contribution in [2.24, 2.45) is 5.41 Å². The molecule has 1 aromatic heterocycles. The van der Waals surface area contributed by atoms with Gasteiger partial charge in [-0.2, -0.15) is 0 Å². The van der Waals surface area contributed by atoms with Crippen molar-refractivity contribution in [3.63, 3.8) is 0 Å². The van der Waals surface area contributed by atoms with Gasteiger partial charge in [0.05, 0.1) is 24.2 Å². The number of hydrogen-bond acceptors (Lipinski definition) is 3. The smallest absolute Gasteiger partial charge is 0.125 e. The standard InChI is InChI=1S/C15H21N3O/c1-15(2)7-4-8-16-13(15)14-17-11-6-5-10(19-3)9-12(11)18-14/h5-6,9,13,16H,4,7-8H2,1-3H3,(H,17,18). The lowest BCUT2D eigenvalue weighted by atomic mass is 9.77. The number of nitrogens with zero attached hydrogens (tertiary/aromatic N) is 1. The van der Waals surface area contributed by atoms with Crippen LogP contribution < -0.4 is 10.1 Å². The van der Waals surface area contributed by atoms with Crippen LogP contribution >= 0.6 is 0 Å². The van der Waals surface area contributed by atoms with Crippen molar-refractivity contribution < 1.29 is 4.74 Å². The summed E-state index contributed by atoms with van der Waals surface area (Å²) >= 11 is 0. The number of nitrogens with one attached hydrogen (secondary N) is 2. The highest BCUT2D eigenvalue weighted by Crippen LogP contribution is 2.39. The largest absolute Gasteiger partial charge is 0.497 e. The molecule has 1 unspecified atom stereocenters. The summed E-state index contributed by atoms with van der Waals surface area (Å²) in [5.41, 5.74) is 2.27. The maximum absolute atomic E-state index is 5.25. The second-order valence-corrected chi connectivity index (χ2v) is 5.98. The molecule has 2 aromatic rings. The van der Waals surface area contributed by atoms with Crippen LogP contribution in [-0.4, -0.2) is 23.6 Å². The van der Waals surface area contributed by atoms with Gasteiger partial charge in [0, 0.05) is 6.07 Å². The Morgan fingerprint density at radius 1 is 1.37 bits per heavy atom. The molecule has 102 valence electrons. The lowest BCUT2D eigenvalue weighted by Crippen LogP contribution is -2.40. The molecule has 1 saturated heterocycles. The number of aromatic amines is 1. The monoisotopic (exact) mass is 259 g/mol. The summed E-state index contributed by atoms with van der Waals surface area (Å²) in [4.78, 5) is 8.18. The van der Waals surface area contributed by atoms with Crippen molar-refractivity contribution in [1.29, 1.82) is 0 Å². The first-order valence-electron chi connectivity index (χ1n) is 6.87. The molecule has 1 aliphatic heterocycles. The van der Waals surface area contributed by atoms with Crippen LogP contribution in [0.25, 0.3) is 11.0 Å². The molecular weight excluding hydrogens is 238 g/mol. The second-order valence-electron chi connectivity index (χ2n) is 5.98. The zero-order valence-electron chi connectivity index (χ0n) is 11.8. The maximum Gasteiger partial charge on any atom is 0.125 e. The molecule has 1 aliphatic rings. The van der Waals surface area contributed by atoms with E-state index in [1.54, 1.807) is 7.11 Å². The van der Waals surface area contributed by atoms with Crippen LogP contribution in [0.4, 0.5) is 0 Å². The van der Waals surface area contributed by atoms with Gasteiger partial charge in [0.15, 0.2) is 0 Å². The second kappa shape index (κ2) is 4.53. The fourth-order valence-electron chi connectivity index (χ4n) is 2.95. The van der Waals surface area contributed by atoms with Crippen LogP contribution in [-0.2, 0) is 0 Å². The molecule has 0 aliphatic carbocycles. The van der Waals surface area contributed by atoms with Gasteiger partial charge in [-0.1, -0.05) is 13.8 Å². The van der Waals surface area contributed by atoms with Crippen LogP contribution in [0.1, 0.15) is 38.6 Å². The van der Waals surface area contributed by atoms with Crippen molar-refractivity contribution in [3.05, 3.63) is 24.0 Å². The summed E-state index contributed by atoms with van der Waals surface area (Å²) in [7, 11) is 1.68. The van der Waals surface area contributed by atoms with Crippen LogP contribution in [0.5, 0.6) is 5.75 Å². The Labute approximate surface area is 113 Å². The molecule has 0 amide bonds. The normalized spacial score (nSPS) is 22.6. The van der Waals surface area contributed by atoms with Crippen molar-refractivity contribution in [3.8, 4) is 5.75 Å².